The summed E-state index contributed by atoms with van der Waals surface area (Å²) >= 11 is 13.9. The lowest BCUT2D eigenvalue weighted by atomic mass is 10.1. The Hall–Kier alpha value is -0.910. The minimum Gasteiger partial charge on any atom is -0.480 e. The lowest BCUT2D eigenvalue weighted by Gasteiger charge is -2.11. The average Bonchev–Trinajstić information content (AvgIpc) is 2.99. The van der Waals surface area contributed by atoms with Gasteiger partial charge >= 0.3 is 5.97 Å². The Balaban J connectivity index is 2.18. The first kappa shape index (κ1) is 14.0. The van der Waals surface area contributed by atoms with Gasteiger partial charge < -0.3 is 9.67 Å². The van der Waals surface area contributed by atoms with Crippen molar-refractivity contribution in [2.75, 3.05) is 11.5 Å². The zero-order chi connectivity index (χ0) is 14.3. The van der Waals surface area contributed by atoms with E-state index in [1.165, 1.54) is 0 Å². The van der Waals surface area contributed by atoms with E-state index in [0.29, 0.717) is 21.5 Å². The van der Waals surface area contributed by atoms with Gasteiger partial charge in [-0.2, -0.15) is 11.8 Å². The van der Waals surface area contributed by atoms with Gasteiger partial charge in [-0.15, -0.1) is 0 Å². The highest BCUT2D eigenvalue weighted by Crippen LogP contribution is 2.35. The number of rotatable bonds is 3. The molecular formula is C13H12Cl2N2O2S. The van der Waals surface area contributed by atoms with Crippen molar-refractivity contribution in [3.63, 3.8) is 0 Å². The van der Waals surface area contributed by atoms with Crippen LogP contribution in [0.25, 0.3) is 11.0 Å². The lowest BCUT2D eigenvalue weighted by Crippen LogP contribution is -2.14. The summed E-state index contributed by atoms with van der Waals surface area (Å²) in [6, 6.07) is 3.39. The van der Waals surface area contributed by atoms with Crippen LogP contribution < -0.4 is 0 Å². The SMILES string of the molecule is O=C(O)Cn1c(C2CCSC2)nc2cc(Cl)c(Cl)cc21. The first-order valence-electron chi connectivity index (χ1n) is 6.21. The van der Waals surface area contributed by atoms with Gasteiger partial charge in [0, 0.05) is 11.7 Å². The number of thioether (sulfide) groups is 1. The Bertz CT molecular complexity index is 681. The number of aromatic nitrogens is 2. The van der Waals surface area contributed by atoms with E-state index in [9.17, 15) is 4.79 Å². The highest BCUT2D eigenvalue weighted by molar-refractivity contribution is 7.99. The summed E-state index contributed by atoms with van der Waals surface area (Å²) in [7, 11) is 0. The highest BCUT2D eigenvalue weighted by atomic mass is 35.5. The molecule has 1 aliphatic rings. The van der Waals surface area contributed by atoms with Crippen LogP contribution in [0.15, 0.2) is 12.1 Å². The number of carbonyl (C=O) groups is 1. The van der Waals surface area contributed by atoms with Gasteiger partial charge in [0.15, 0.2) is 0 Å². The van der Waals surface area contributed by atoms with Crippen LogP contribution in [0.4, 0.5) is 0 Å². The Morgan fingerprint density at radius 2 is 2.20 bits per heavy atom. The molecule has 7 heteroatoms. The van der Waals surface area contributed by atoms with Gasteiger partial charge in [-0.25, -0.2) is 4.98 Å². The fourth-order valence-electron chi connectivity index (χ4n) is 2.49. The van der Waals surface area contributed by atoms with Crippen LogP contribution in [0, 0.1) is 0 Å². The number of carboxylic acids is 1. The number of hydrogen-bond acceptors (Lipinski definition) is 3. The number of carboxylic acid groups (broad SMARTS) is 1. The largest absolute Gasteiger partial charge is 0.480 e. The van der Waals surface area contributed by atoms with Gasteiger partial charge in [-0.05, 0) is 24.3 Å². The molecule has 0 amide bonds. The molecule has 20 heavy (non-hydrogen) atoms. The highest BCUT2D eigenvalue weighted by Gasteiger charge is 2.25. The van der Waals surface area contributed by atoms with E-state index >= 15 is 0 Å². The molecule has 1 N–H and O–H groups in total. The Labute approximate surface area is 130 Å². The minimum atomic E-state index is -0.887. The van der Waals surface area contributed by atoms with Crippen LogP contribution in [0.3, 0.4) is 0 Å². The molecule has 4 nitrogen and oxygen atoms in total. The van der Waals surface area contributed by atoms with E-state index < -0.39 is 5.97 Å². The number of nitrogens with zero attached hydrogens (tertiary/aromatic N) is 2. The van der Waals surface area contributed by atoms with Crippen molar-refractivity contribution in [3.05, 3.63) is 28.0 Å². The maximum Gasteiger partial charge on any atom is 0.323 e. The van der Waals surface area contributed by atoms with E-state index in [-0.39, 0.29) is 6.54 Å². The van der Waals surface area contributed by atoms with Crippen LogP contribution in [0.2, 0.25) is 10.0 Å². The monoisotopic (exact) mass is 330 g/mol. The van der Waals surface area contributed by atoms with Crippen molar-refractivity contribution in [2.24, 2.45) is 0 Å². The number of aliphatic carboxylic acids is 1. The summed E-state index contributed by atoms with van der Waals surface area (Å²) in [5.41, 5.74) is 1.43. The quantitative estimate of drug-likeness (QED) is 0.933. The number of hydrogen-bond donors (Lipinski definition) is 1. The van der Waals surface area contributed by atoms with Gasteiger partial charge in [-0.3, -0.25) is 4.79 Å². The third kappa shape index (κ3) is 2.50. The van der Waals surface area contributed by atoms with E-state index in [1.807, 2.05) is 11.8 Å². The molecule has 0 aliphatic carbocycles. The molecule has 1 aromatic heterocycles. The second-order valence-corrected chi connectivity index (χ2v) is 6.73. The average molecular weight is 331 g/mol. The van der Waals surface area contributed by atoms with E-state index in [2.05, 4.69) is 4.98 Å². The Morgan fingerprint density at radius 1 is 1.45 bits per heavy atom. The first-order valence-corrected chi connectivity index (χ1v) is 8.12. The van der Waals surface area contributed by atoms with Crippen molar-refractivity contribution in [2.45, 2.75) is 18.9 Å². The zero-order valence-electron chi connectivity index (χ0n) is 10.5. The lowest BCUT2D eigenvalue weighted by molar-refractivity contribution is -0.137. The van der Waals surface area contributed by atoms with E-state index in [0.717, 1.165) is 29.3 Å². The summed E-state index contributed by atoms with van der Waals surface area (Å²) in [6.07, 6.45) is 1.02. The summed E-state index contributed by atoms with van der Waals surface area (Å²) in [6.45, 7) is -0.106. The van der Waals surface area contributed by atoms with Crippen molar-refractivity contribution in [3.8, 4) is 0 Å². The van der Waals surface area contributed by atoms with Gasteiger partial charge in [0.25, 0.3) is 0 Å². The minimum absolute atomic E-state index is 0.106. The molecule has 1 aromatic carbocycles. The predicted molar refractivity (Wildman–Crippen MR) is 82.1 cm³/mol. The molecule has 1 saturated heterocycles. The topological polar surface area (TPSA) is 55.1 Å². The molecule has 106 valence electrons. The Morgan fingerprint density at radius 3 is 2.85 bits per heavy atom. The van der Waals surface area contributed by atoms with Crippen LogP contribution >= 0.6 is 35.0 Å². The summed E-state index contributed by atoms with van der Waals surface area (Å²) in [4.78, 5) is 15.7. The van der Waals surface area contributed by atoms with Crippen molar-refractivity contribution >= 4 is 52.0 Å². The fraction of sp³-hybridized carbons (Fsp3) is 0.385. The molecule has 1 fully saturated rings. The number of benzene rings is 1. The van der Waals surface area contributed by atoms with Crippen molar-refractivity contribution < 1.29 is 9.90 Å². The third-order valence-corrected chi connectivity index (χ3v) is 5.29. The second kappa shape index (κ2) is 5.47. The van der Waals surface area contributed by atoms with Crippen LogP contribution in [-0.4, -0.2) is 32.1 Å². The van der Waals surface area contributed by atoms with Crippen LogP contribution in [0.1, 0.15) is 18.2 Å². The molecule has 1 aliphatic heterocycles. The van der Waals surface area contributed by atoms with Gasteiger partial charge in [0.2, 0.25) is 0 Å². The molecule has 0 bridgehead atoms. The van der Waals surface area contributed by atoms with Crippen molar-refractivity contribution in [1.29, 1.82) is 0 Å². The number of imidazole rings is 1. The standard InChI is InChI=1S/C13H12Cl2N2O2S/c14-8-3-10-11(4-9(8)15)17(5-12(18)19)13(16-10)7-1-2-20-6-7/h3-4,7H,1-2,5-6H2,(H,18,19). The number of fused-ring (bicyclic) bond motifs is 1. The molecule has 0 saturated carbocycles. The maximum absolute atomic E-state index is 11.1. The van der Waals surface area contributed by atoms with Crippen LogP contribution in [-0.2, 0) is 11.3 Å². The second-order valence-electron chi connectivity index (χ2n) is 4.77. The Kier molecular flexibility index (Phi) is 3.84. The molecule has 1 unspecified atom stereocenters. The predicted octanol–water partition coefficient (Wildman–Crippen LogP) is 3.65. The van der Waals surface area contributed by atoms with Gasteiger partial charge in [0.05, 0.1) is 21.1 Å². The zero-order valence-corrected chi connectivity index (χ0v) is 12.8. The van der Waals surface area contributed by atoms with E-state index in [4.69, 9.17) is 28.3 Å². The van der Waals surface area contributed by atoms with E-state index in [1.54, 1.807) is 16.7 Å². The summed E-state index contributed by atoms with van der Waals surface area (Å²) < 4.78 is 1.75. The summed E-state index contributed by atoms with van der Waals surface area (Å²) in [5.74, 6) is 2.30. The van der Waals surface area contributed by atoms with Crippen molar-refractivity contribution in [1.82, 2.24) is 9.55 Å². The molecular weight excluding hydrogens is 319 g/mol. The van der Waals surface area contributed by atoms with Gasteiger partial charge in [0.1, 0.15) is 12.4 Å². The molecule has 1 atom stereocenters. The van der Waals surface area contributed by atoms with Gasteiger partial charge in [-0.1, -0.05) is 23.2 Å². The third-order valence-electron chi connectivity index (χ3n) is 3.41. The molecule has 2 heterocycles. The normalized spacial score (nSPS) is 18.8. The van der Waals surface area contributed by atoms with Crippen LogP contribution in [0.5, 0.6) is 0 Å². The molecule has 3 rings (SSSR count). The number of halogens is 2. The maximum atomic E-state index is 11.1. The molecule has 0 radical (unpaired) electrons. The first-order chi connectivity index (χ1) is 9.56. The smallest absolute Gasteiger partial charge is 0.323 e. The summed E-state index contributed by atoms with van der Waals surface area (Å²) in [5, 5.41) is 9.97. The fourth-order valence-corrected chi connectivity index (χ4v) is 4.02. The molecule has 2 aromatic rings. The molecule has 0 spiro atoms.